The summed E-state index contributed by atoms with van der Waals surface area (Å²) in [5.74, 6) is 0.793. The molecule has 2 unspecified atom stereocenters. The van der Waals surface area contributed by atoms with E-state index in [1.165, 1.54) is 25.7 Å². The number of nitrogens with one attached hydrogen (secondary N) is 1. The fraction of sp³-hybridized carbons (Fsp3) is 0.938. The van der Waals surface area contributed by atoms with Crippen LogP contribution in [0.1, 0.15) is 58.3 Å². The van der Waals surface area contributed by atoms with E-state index in [9.17, 15) is 4.79 Å². The molecule has 2 atom stereocenters. The Labute approximate surface area is 116 Å². The standard InChI is InChI=1S/C16H27NO2/c1-2-15(8-9-17-12-15)14(18)13-5-10-19-16(11-13)6-3-4-7-16/h13,17H,2-12H2,1H3. The first-order valence-electron chi connectivity index (χ1n) is 8.09. The lowest BCUT2D eigenvalue weighted by molar-refractivity contribution is -0.145. The quantitative estimate of drug-likeness (QED) is 0.852. The van der Waals surface area contributed by atoms with E-state index < -0.39 is 0 Å². The average molecular weight is 265 g/mol. The van der Waals surface area contributed by atoms with Gasteiger partial charge in [-0.1, -0.05) is 19.8 Å². The van der Waals surface area contributed by atoms with Gasteiger partial charge in [0.05, 0.1) is 5.60 Å². The van der Waals surface area contributed by atoms with Gasteiger partial charge in [0.15, 0.2) is 0 Å². The minimum absolute atomic E-state index is 0.0677. The van der Waals surface area contributed by atoms with Gasteiger partial charge in [-0.15, -0.1) is 0 Å². The van der Waals surface area contributed by atoms with E-state index in [-0.39, 0.29) is 16.9 Å². The highest BCUT2D eigenvalue weighted by molar-refractivity contribution is 5.87. The highest BCUT2D eigenvalue weighted by Gasteiger charge is 2.47. The molecule has 19 heavy (non-hydrogen) atoms. The van der Waals surface area contributed by atoms with Gasteiger partial charge in [0.25, 0.3) is 0 Å². The molecule has 3 aliphatic rings. The zero-order valence-electron chi connectivity index (χ0n) is 12.2. The number of hydrogen-bond donors (Lipinski definition) is 1. The number of carbonyl (C=O) groups excluding carboxylic acids is 1. The van der Waals surface area contributed by atoms with Crippen LogP contribution in [0.15, 0.2) is 0 Å². The first-order chi connectivity index (χ1) is 9.20. The molecule has 2 heterocycles. The molecule has 108 valence electrons. The molecular weight excluding hydrogens is 238 g/mol. The van der Waals surface area contributed by atoms with Gasteiger partial charge in [0.2, 0.25) is 0 Å². The smallest absolute Gasteiger partial charge is 0.143 e. The molecule has 1 spiro atoms. The van der Waals surface area contributed by atoms with Crippen molar-refractivity contribution in [1.82, 2.24) is 5.32 Å². The Morgan fingerprint density at radius 3 is 2.74 bits per heavy atom. The minimum Gasteiger partial charge on any atom is -0.375 e. The van der Waals surface area contributed by atoms with Crippen molar-refractivity contribution in [2.24, 2.45) is 11.3 Å². The normalized spacial score (nSPS) is 37.8. The molecule has 1 aliphatic carbocycles. The van der Waals surface area contributed by atoms with Gasteiger partial charge >= 0.3 is 0 Å². The number of ketones is 1. The van der Waals surface area contributed by atoms with Crippen LogP contribution in [0.4, 0.5) is 0 Å². The van der Waals surface area contributed by atoms with Gasteiger partial charge in [0.1, 0.15) is 5.78 Å². The zero-order chi connectivity index (χ0) is 13.3. The van der Waals surface area contributed by atoms with Crippen LogP contribution in [0.2, 0.25) is 0 Å². The van der Waals surface area contributed by atoms with E-state index >= 15 is 0 Å². The van der Waals surface area contributed by atoms with Crippen LogP contribution in [0, 0.1) is 11.3 Å². The maximum Gasteiger partial charge on any atom is 0.143 e. The second kappa shape index (κ2) is 5.17. The summed E-state index contributed by atoms with van der Waals surface area (Å²) < 4.78 is 6.07. The Hall–Kier alpha value is -0.410. The number of carbonyl (C=O) groups is 1. The van der Waals surface area contributed by atoms with Crippen LogP contribution < -0.4 is 5.32 Å². The summed E-state index contributed by atoms with van der Waals surface area (Å²) in [6.45, 7) is 4.87. The molecule has 0 aromatic rings. The third-order valence-electron chi connectivity index (χ3n) is 5.82. The summed E-state index contributed by atoms with van der Waals surface area (Å²) in [6, 6.07) is 0. The Morgan fingerprint density at radius 1 is 1.32 bits per heavy atom. The fourth-order valence-electron chi connectivity index (χ4n) is 4.48. The Bertz CT molecular complexity index is 341. The van der Waals surface area contributed by atoms with Crippen LogP contribution in [0.5, 0.6) is 0 Å². The Balaban J connectivity index is 1.72. The van der Waals surface area contributed by atoms with Gasteiger partial charge in [-0.25, -0.2) is 0 Å². The van der Waals surface area contributed by atoms with Crippen molar-refractivity contribution in [3.05, 3.63) is 0 Å². The van der Waals surface area contributed by atoms with Crippen LogP contribution in [-0.4, -0.2) is 31.1 Å². The van der Waals surface area contributed by atoms with Crippen molar-refractivity contribution in [3.63, 3.8) is 0 Å². The summed E-state index contributed by atoms with van der Waals surface area (Å²) in [6.07, 6.45) is 8.87. The fourth-order valence-corrected chi connectivity index (χ4v) is 4.48. The minimum atomic E-state index is -0.0677. The first kappa shape index (κ1) is 13.6. The van der Waals surface area contributed by atoms with Crippen molar-refractivity contribution in [2.75, 3.05) is 19.7 Å². The lowest BCUT2D eigenvalue weighted by Gasteiger charge is -2.40. The predicted molar refractivity (Wildman–Crippen MR) is 75.1 cm³/mol. The maximum absolute atomic E-state index is 13.0. The number of hydrogen-bond acceptors (Lipinski definition) is 3. The van der Waals surface area contributed by atoms with Gasteiger partial charge in [-0.2, -0.15) is 0 Å². The SMILES string of the molecule is CCC1(C(=O)C2CCOC3(CCCC3)C2)CCNC1. The van der Waals surface area contributed by atoms with Crippen LogP contribution >= 0.6 is 0 Å². The summed E-state index contributed by atoms with van der Waals surface area (Å²) >= 11 is 0. The van der Waals surface area contributed by atoms with Crippen LogP contribution in [0.25, 0.3) is 0 Å². The molecule has 0 bridgehead atoms. The van der Waals surface area contributed by atoms with E-state index in [0.717, 1.165) is 45.4 Å². The molecule has 2 saturated heterocycles. The molecule has 0 aromatic carbocycles. The molecule has 0 radical (unpaired) electrons. The summed E-state index contributed by atoms with van der Waals surface area (Å²) in [5.41, 5.74) is 0.00133. The molecule has 3 rings (SSSR count). The number of Topliss-reactive ketones (excluding diaryl/α,β-unsaturated/α-hetero) is 1. The number of rotatable bonds is 3. The van der Waals surface area contributed by atoms with Gasteiger partial charge in [-0.3, -0.25) is 4.79 Å². The second-order valence-corrected chi connectivity index (χ2v) is 6.85. The second-order valence-electron chi connectivity index (χ2n) is 6.85. The predicted octanol–water partition coefficient (Wildman–Crippen LogP) is 2.68. The molecular formula is C16H27NO2. The lowest BCUT2D eigenvalue weighted by Crippen LogP contribution is -2.45. The van der Waals surface area contributed by atoms with E-state index in [1.54, 1.807) is 0 Å². The van der Waals surface area contributed by atoms with Gasteiger partial charge < -0.3 is 10.1 Å². The number of ether oxygens (including phenoxy) is 1. The van der Waals surface area contributed by atoms with Crippen molar-refractivity contribution in [1.29, 1.82) is 0 Å². The zero-order valence-corrected chi connectivity index (χ0v) is 12.2. The molecule has 3 heteroatoms. The van der Waals surface area contributed by atoms with E-state index in [0.29, 0.717) is 5.78 Å². The van der Waals surface area contributed by atoms with Gasteiger partial charge in [0, 0.05) is 24.5 Å². The van der Waals surface area contributed by atoms with E-state index in [4.69, 9.17) is 4.74 Å². The molecule has 3 nitrogen and oxygen atoms in total. The highest BCUT2D eigenvalue weighted by atomic mass is 16.5. The summed E-state index contributed by atoms with van der Waals surface area (Å²) in [5, 5.41) is 3.39. The molecule has 0 aromatic heterocycles. The molecule has 0 amide bonds. The highest BCUT2D eigenvalue weighted by Crippen LogP contribution is 2.45. The third-order valence-corrected chi connectivity index (χ3v) is 5.82. The Kier molecular flexibility index (Phi) is 3.69. The molecule has 2 aliphatic heterocycles. The van der Waals surface area contributed by atoms with E-state index in [1.807, 2.05) is 0 Å². The third kappa shape index (κ3) is 2.36. The molecule has 3 fully saturated rings. The lowest BCUT2D eigenvalue weighted by atomic mass is 9.70. The first-order valence-corrected chi connectivity index (χ1v) is 8.09. The van der Waals surface area contributed by atoms with Crippen molar-refractivity contribution in [3.8, 4) is 0 Å². The molecule has 1 N–H and O–H groups in total. The summed E-state index contributed by atoms with van der Waals surface area (Å²) in [4.78, 5) is 13.0. The van der Waals surface area contributed by atoms with Crippen molar-refractivity contribution in [2.45, 2.75) is 63.9 Å². The van der Waals surface area contributed by atoms with Crippen LogP contribution in [0.3, 0.4) is 0 Å². The van der Waals surface area contributed by atoms with E-state index in [2.05, 4.69) is 12.2 Å². The van der Waals surface area contributed by atoms with Crippen LogP contribution in [-0.2, 0) is 9.53 Å². The molecule has 1 saturated carbocycles. The van der Waals surface area contributed by atoms with Gasteiger partial charge in [-0.05, 0) is 45.1 Å². The topological polar surface area (TPSA) is 38.3 Å². The maximum atomic E-state index is 13.0. The average Bonchev–Trinajstić information content (AvgIpc) is 3.08. The van der Waals surface area contributed by atoms with Crippen molar-refractivity contribution >= 4 is 5.78 Å². The van der Waals surface area contributed by atoms with Crippen molar-refractivity contribution < 1.29 is 9.53 Å². The monoisotopic (exact) mass is 265 g/mol. The summed E-state index contributed by atoms with van der Waals surface area (Å²) in [7, 11) is 0. The largest absolute Gasteiger partial charge is 0.375 e. The Morgan fingerprint density at radius 2 is 2.11 bits per heavy atom.